The van der Waals surface area contributed by atoms with Crippen LogP contribution in [0.4, 0.5) is 19.5 Å². The minimum Gasteiger partial charge on any atom is -0.453 e. The van der Waals surface area contributed by atoms with E-state index in [0.717, 1.165) is 12.1 Å². The van der Waals surface area contributed by atoms with Gasteiger partial charge in [0.1, 0.15) is 18.2 Å². The first kappa shape index (κ1) is 16.8. The summed E-state index contributed by atoms with van der Waals surface area (Å²) in [5.74, 6) is -1.91. The number of Topliss-reactive ketones (excluding diaryl/α,β-unsaturated/α-hetero) is 1. The number of hydrogen-bond acceptors (Lipinski definition) is 5. The number of ketones is 1. The van der Waals surface area contributed by atoms with Crippen molar-refractivity contribution < 1.29 is 23.1 Å². The van der Waals surface area contributed by atoms with Crippen LogP contribution in [-0.4, -0.2) is 41.2 Å². The average Bonchev–Trinajstić information content (AvgIpc) is 3.06. The van der Waals surface area contributed by atoms with Crippen molar-refractivity contribution in [1.29, 1.82) is 0 Å². The summed E-state index contributed by atoms with van der Waals surface area (Å²) >= 11 is 0. The zero-order valence-corrected chi connectivity index (χ0v) is 14.0. The number of fused-ring (bicyclic) bond motifs is 2. The summed E-state index contributed by atoms with van der Waals surface area (Å²) in [5.41, 5.74) is 1.29. The molecule has 27 heavy (non-hydrogen) atoms. The molecule has 0 unspecified atom stereocenters. The molecule has 0 saturated carbocycles. The largest absolute Gasteiger partial charge is 0.453 e. The number of H-pyrrole nitrogens is 1. The lowest BCUT2D eigenvalue weighted by atomic mass is 9.91. The molecule has 0 aliphatic carbocycles. The van der Waals surface area contributed by atoms with Crippen LogP contribution < -0.4 is 5.32 Å². The van der Waals surface area contributed by atoms with Gasteiger partial charge in [-0.05, 0) is 24.3 Å². The van der Waals surface area contributed by atoms with E-state index < -0.39 is 23.5 Å². The molecule has 1 aliphatic rings. The van der Waals surface area contributed by atoms with Crippen LogP contribution in [0.25, 0.3) is 11.0 Å². The van der Waals surface area contributed by atoms with Crippen LogP contribution in [0.3, 0.4) is 0 Å². The number of carbonyl (C=O) groups excluding carboxylic acids is 2. The van der Waals surface area contributed by atoms with E-state index in [-0.39, 0.29) is 29.3 Å². The van der Waals surface area contributed by atoms with Crippen LogP contribution >= 0.6 is 0 Å². The fraction of sp³-hybridized carbons (Fsp3) is 0.111. The quantitative estimate of drug-likeness (QED) is 0.725. The van der Waals surface area contributed by atoms with Crippen molar-refractivity contribution in [2.24, 2.45) is 4.99 Å². The van der Waals surface area contributed by atoms with Crippen molar-refractivity contribution in [3.8, 4) is 0 Å². The van der Waals surface area contributed by atoms with Gasteiger partial charge in [0.2, 0.25) is 5.95 Å². The Balaban J connectivity index is 1.80. The SMILES string of the molecule is COC(=O)Nc1nc2ccc(C3=NCC(=O)c4c(F)ccc(F)c43)cc2[nH]1. The van der Waals surface area contributed by atoms with Gasteiger partial charge in [-0.25, -0.2) is 18.6 Å². The second-order valence-corrected chi connectivity index (χ2v) is 5.80. The van der Waals surface area contributed by atoms with E-state index in [1.54, 1.807) is 18.2 Å². The van der Waals surface area contributed by atoms with Gasteiger partial charge in [0.05, 0.1) is 29.4 Å². The summed E-state index contributed by atoms with van der Waals surface area (Å²) in [6, 6.07) is 6.80. The Bertz CT molecular complexity index is 1140. The number of nitrogens with zero attached hydrogens (tertiary/aromatic N) is 2. The number of methoxy groups -OCH3 is 1. The number of aromatic nitrogens is 2. The van der Waals surface area contributed by atoms with Crippen LogP contribution in [0.1, 0.15) is 21.5 Å². The lowest BCUT2D eigenvalue weighted by Crippen LogP contribution is -2.23. The van der Waals surface area contributed by atoms with Crippen molar-refractivity contribution in [3.63, 3.8) is 0 Å². The van der Waals surface area contributed by atoms with Gasteiger partial charge in [0, 0.05) is 11.1 Å². The molecule has 0 saturated heterocycles. The third-order valence-corrected chi connectivity index (χ3v) is 4.16. The lowest BCUT2D eigenvalue weighted by Gasteiger charge is -2.17. The van der Waals surface area contributed by atoms with E-state index in [1.165, 1.54) is 7.11 Å². The van der Waals surface area contributed by atoms with E-state index in [1.807, 2.05) is 0 Å². The van der Waals surface area contributed by atoms with Crippen LogP contribution in [0.15, 0.2) is 35.3 Å². The third kappa shape index (κ3) is 2.82. The lowest BCUT2D eigenvalue weighted by molar-refractivity contribution is 0.0995. The first-order valence-corrected chi connectivity index (χ1v) is 7.89. The zero-order valence-electron chi connectivity index (χ0n) is 14.0. The maximum absolute atomic E-state index is 14.4. The maximum atomic E-state index is 14.4. The average molecular weight is 370 g/mol. The number of aromatic amines is 1. The Hall–Kier alpha value is -3.62. The molecule has 2 N–H and O–H groups in total. The first-order chi connectivity index (χ1) is 13.0. The Labute approximate surface area is 151 Å². The first-order valence-electron chi connectivity index (χ1n) is 7.89. The summed E-state index contributed by atoms with van der Waals surface area (Å²) in [7, 11) is 1.23. The van der Waals surface area contributed by atoms with E-state index >= 15 is 0 Å². The Morgan fingerprint density at radius 1 is 1.19 bits per heavy atom. The van der Waals surface area contributed by atoms with Crippen molar-refractivity contribution >= 4 is 34.6 Å². The number of halogens is 2. The number of imidazole rings is 1. The molecule has 7 nitrogen and oxygen atoms in total. The predicted molar refractivity (Wildman–Crippen MR) is 93.3 cm³/mol. The third-order valence-electron chi connectivity index (χ3n) is 4.16. The topological polar surface area (TPSA) is 96.4 Å². The zero-order chi connectivity index (χ0) is 19.1. The molecule has 9 heteroatoms. The van der Waals surface area contributed by atoms with Gasteiger partial charge >= 0.3 is 6.09 Å². The number of aliphatic imine (C=N–C) groups is 1. The fourth-order valence-electron chi connectivity index (χ4n) is 2.96. The maximum Gasteiger partial charge on any atom is 0.413 e. The molecular weight excluding hydrogens is 358 g/mol. The van der Waals surface area contributed by atoms with E-state index in [0.29, 0.717) is 16.6 Å². The molecule has 0 radical (unpaired) electrons. The van der Waals surface area contributed by atoms with Gasteiger partial charge in [-0.15, -0.1) is 0 Å². The van der Waals surface area contributed by atoms with Crippen molar-refractivity contribution in [3.05, 3.63) is 58.7 Å². The normalized spacial score (nSPS) is 13.3. The summed E-state index contributed by atoms with van der Waals surface area (Å²) in [4.78, 5) is 34.5. The van der Waals surface area contributed by atoms with Crippen molar-refractivity contribution in [1.82, 2.24) is 9.97 Å². The molecule has 1 amide bonds. The molecule has 1 aromatic heterocycles. The molecule has 4 rings (SSSR count). The number of carbonyl (C=O) groups is 2. The summed E-state index contributed by atoms with van der Waals surface area (Å²) in [6.45, 7) is -0.265. The molecule has 2 heterocycles. The number of hydrogen-bond donors (Lipinski definition) is 2. The van der Waals surface area contributed by atoms with Crippen LogP contribution in [0.2, 0.25) is 0 Å². The minimum absolute atomic E-state index is 0.155. The minimum atomic E-state index is -0.781. The van der Waals surface area contributed by atoms with Gasteiger partial charge < -0.3 is 9.72 Å². The Morgan fingerprint density at radius 3 is 2.67 bits per heavy atom. The summed E-state index contributed by atoms with van der Waals surface area (Å²) in [6.07, 6.45) is -0.684. The second-order valence-electron chi connectivity index (χ2n) is 5.80. The van der Waals surface area contributed by atoms with Gasteiger partial charge in [0.15, 0.2) is 5.78 Å². The molecule has 136 valence electrons. The van der Waals surface area contributed by atoms with Gasteiger partial charge in [-0.3, -0.25) is 15.1 Å². The number of ether oxygens (including phenoxy) is 1. The highest BCUT2D eigenvalue weighted by molar-refractivity contribution is 6.22. The molecule has 3 aromatic rings. The highest BCUT2D eigenvalue weighted by Crippen LogP contribution is 2.27. The van der Waals surface area contributed by atoms with Crippen molar-refractivity contribution in [2.45, 2.75) is 0 Å². The number of benzene rings is 2. The standard InChI is InChI=1S/C18H12F2N4O3/c1-27-18(26)24-17-22-11-5-2-8(6-12(11)23-17)16-15-10(20)4-3-9(19)14(15)13(25)7-21-16/h2-6H,7H2,1H3,(H2,22,23,24,26). The van der Waals surface area contributed by atoms with Crippen molar-refractivity contribution in [2.75, 3.05) is 19.0 Å². The number of nitrogens with one attached hydrogen (secondary N) is 2. The second kappa shape index (κ2) is 6.27. The summed E-state index contributed by atoms with van der Waals surface area (Å²) in [5, 5.41) is 2.41. The number of amides is 1. The highest BCUT2D eigenvalue weighted by atomic mass is 19.1. The van der Waals surface area contributed by atoms with E-state index in [9.17, 15) is 18.4 Å². The smallest absolute Gasteiger partial charge is 0.413 e. The number of anilines is 1. The fourth-order valence-corrected chi connectivity index (χ4v) is 2.96. The predicted octanol–water partition coefficient (Wildman–Crippen LogP) is 3.05. The Kier molecular flexibility index (Phi) is 3.91. The molecule has 0 atom stereocenters. The van der Waals surface area contributed by atoms with E-state index in [4.69, 9.17) is 0 Å². The molecule has 1 aliphatic heterocycles. The molecule has 0 bridgehead atoms. The van der Waals surface area contributed by atoms with Gasteiger partial charge in [0.25, 0.3) is 0 Å². The number of rotatable bonds is 2. The monoisotopic (exact) mass is 370 g/mol. The molecule has 0 fully saturated rings. The van der Waals surface area contributed by atoms with Crippen LogP contribution in [0, 0.1) is 11.6 Å². The van der Waals surface area contributed by atoms with Crippen LogP contribution in [0.5, 0.6) is 0 Å². The molecule has 2 aromatic carbocycles. The van der Waals surface area contributed by atoms with Gasteiger partial charge in [-0.1, -0.05) is 6.07 Å². The summed E-state index contributed by atoms with van der Waals surface area (Å²) < 4.78 is 33.0. The molecule has 0 spiro atoms. The molecular formula is C18H12F2N4O3. The van der Waals surface area contributed by atoms with Crippen LogP contribution in [-0.2, 0) is 4.74 Å². The van der Waals surface area contributed by atoms with Gasteiger partial charge in [-0.2, -0.15) is 0 Å². The van der Waals surface area contributed by atoms with E-state index in [2.05, 4.69) is 25.0 Å². The Morgan fingerprint density at radius 2 is 1.93 bits per heavy atom. The highest BCUT2D eigenvalue weighted by Gasteiger charge is 2.28.